The highest BCUT2D eigenvalue weighted by atomic mass is 15.1. The van der Waals surface area contributed by atoms with Gasteiger partial charge in [0, 0.05) is 16.8 Å². The van der Waals surface area contributed by atoms with Gasteiger partial charge in [-0.2, -0.15) is 0 Å². The first kappa shape index (κ1) is 35.0. The molecule has 61 heavy (non-hydrogen) atoms. The first-order chi connectivity index (χ1) is 30.3. The van der Waals surface area contributed by atoms with Crippen LogP contribution in [0, 0.1) is 0 Å². The zero-order valence-corrected chi connectivity index (χ0v) is 33.5. The molecule has 0 heterocycles. The average molecular weight is 774 g/mol. The minimum atomic E-state index is 1.10. The van der Waals surface area contributed by atoms with E-state index in [1.54, 1.807) is 0 Å². The van der Waals surface area contributed by atoms with E-state index < -0.39 is 0 Å². The minimum Gasteiger partial charge on any atom is -0.310 e. The van der Waals surface area contributed by atoms with Crippen LogP contribution >= 0.6 is 0 Å². The predicted octanol–water partition coefficient (Wildman–Crippen LogP) is 17.1. The van der Waals surface area contributed by atoms with E-state index in [0.717, 1.165) is 17.1 Å². The standard InChI is InChI=1S/C60H39N/c1-2-15-40(16-3-1)44-21-12-23-47(37-44)61(48-24-13-22-45(38-48)50-30-14-20-41-17-4-7-25-49(41)50)58-36-35-54(53-28-10-11-29-55(53)58)57-39-46-19-6-9-27-52(46)60-56(57)34-33-43-32-31-42-18-5-8-26-51(42)59(43)60/h1-39H. The molecular formula is C60H39N. The van der Waals surface area contributed by atoms with Gasteiger partial charge in [-0.25, -0.2) is 0 Å². The van der Waals surface area contributed by atoms with Crippen LogP contribution in [0.15, 0.2) is 237 Å². The highest BCUT2D eigenvalue weighted by molar-refractivity contribution is 6.30. The second-order valence-electron chi connectivity index (χ2n) is 16.0. The summed E-state index contributed by atoms with van der Waals surface area (Å²) in [6, 6.07) is 86.9. The Morgan fingerprint density at radius 2 is 0.770 bits per heavy atom. The van der Waals surface area contributed by atoms with Crippen molar-refractivity contribution in [2.75, 3.05) is 4.90 Å². The quantitative estimate of drug-likeness (QED) is 0.152. The molecule has 0 aromatic heterocycles. The van der Waals surface area contributed by atoms with Gasteiger partial charge in [-0.1, -0.05) is 200 Å². The third-order valence-electron chi connectivity index (χ3n) is 12.6. The molecule has 12 aromatic rings. The number of benzene rings is 12. The van der Waals surface area contributed by atoms with Crippen molar-refractivity contribution in [3.63, 3.8) is 0 Å². The largest absolute Gasteiger partial charge is 0.310 e. The molecule has 0 atom stereocenters. The van der Waals surface area contributed by atoms with Crippen molar-refractivity contribution in [2.45, 2.75) is 0 Å². The summed E-state index contributed by atoms with van der Waals surface area (Å²) < 4.78 is 0. The van der Waals surface area contributed by atoms with Gasteiger partial charge in [0.25, 0.3) is 0 Å². The summed E-state index contributed by atoms with van der Waals surface area (Å²) in [7, 11) is 0. The van der Waals surface area contributed by atoms with Crippen molar-refractivity contribution in [3.8, 4) is 33.4 Å². The van der Waals surface area contributed by atoms with Gasteiger partial charge >= 0.3 is 0 Å². The molecule has 0 bridgehead atoms. The second kappa shape index (κ2) is 14.4. The molecule has 0 saturated carbocycles. The Bertz CT molecular complexity index is 3650. The van der Waals surface area contributed by atoms with E-state index in [2.05, 4.69) is 241 Å². The van der Waals surface area contributed by atoms with Crippen LogP contribution in [0.4, 0.5) is 17.1 Å². The Hall–Kier alpha value is -8.00. The summed E-state index contributed by atoms with van der Waals surface area (Å²) in [5.41, 5.74) is 10.6. The lowest BCUT2D eigenvalue weighted by atomic mass is 9.87. The van der Waals surface area contributed by atoms with Gasteiger partial charge in [-0.15, -0.1) is 0 Å². The van der Waals surface area contributed by atoms with Crippen LogP contribution in [-0.2, 0) is 0 Å². The lowest BCUT2D eigenvalue weighted by Crippen LogP contribution is -2.11. The van der Waals surface area contributed by atoms with E-state index in [4.69, 9.17) is 0 Å². The van der Waals surface area contributed by atoms with Gasteiger partial charge in [-0.3, -0.25) is 0 Å². The molecule has 0 aliphatic carbocycles. The molecule has 1 nitrogen and oxygen atoms in total. The molecule has 0 aliphatic heterocycles. The maximum absolute atomic E-state index is 2.45. The van der Waals surface area contributed by atoms with Gasteiger partial charge in [0.2, 0.25) is 0 Å². The fourth-order valence-electron chi connectivity index (χ4n) is 9.79. The summed E-state index contributed by atoms with van der Waals surface area (Å²) >= 11 is 0. The number of hydrogen-bond acceptors (Lipinski definition) is 1. The second-order valence-corrected chi connectivity index (χ2v) is 16.0. The first-order valence-corrected chi connectivity index (χ1v) is 21.1. The number of rotatable bonds is 6. The highest BCUT2D eigenvalue weighted by Crippen LogP contribution is 2.47. The van der Waals surface area contributed by atoms with Crippen molar-refractivity contribution >= 4 is 81.7 Å². The van der Waals surface area contributed by atoms with Crippen LogP contribution in [-0.4, -0.2) is 0 Å². The zero-order valence-electron chi connectivity index (χ0n) is 33.5. The maximum Gasteiger partial charge on any atom is 0.0540 e. The fourth-order valence-corrected chi connectivity index (χ4v) is 9.79. The summed E-state index contributed by atoms with van der Waals surface area (Å²) in [6.07, 6.45) is 0. The molecule has 1 heteroatoms. The van der Waals surface area contributed by atoms with E-state index >= 15 is 0 Å². The minimum absolute atomic E-state index is 1.10. The number of anilines is 3. The van der Waals surface area contributed by atoms with E-state index in [1.165, 1.54) is 98.0 Å². The molecule has 0 spiro atoms. The summed E-state index contributed by atoms with van der Waals surface area (Å²) in [4.78, 5) is 2.45. The van der Waals surface area contributed by atoms with E-state index in [-0.39, 0.29) is 0 Å². The monoisotopic (exact) mass is 773 g/mol. The Labute approximate surface area is 355 Å². The molecular weight excluding hydrogens is 735 g/mol. The normalized spacial score (nSPS) is 11.6. The molecule has 0 fully saturated rings. The molecule has 0 N–H and O–H groups in total. The van der Waals surface area contributed by atoms with Crippen molar-refractivity contribution < 1.29 is 0 Å². The molecule has 12 rings (SSSR count). The van der Waals surface area contributed by atoms with Crippen LogP contribution in [0.3, 0.4) is 0 Å². The van der Waals surface area contributed by atoms with Gasteiger partial charge < -0.3 is 4.90 Å². The van der Waals surface area contributed by atoms with Gasteiger partial charge in [-0.05, 0) is 129 Å². The van der Waals surface area contributed by atoms with E-state index in [9.17, 15) is 0 Å². The van der Waals surface area contributed by atoms with Crippen LogP contribution in [0.2, 0.25) is 0 Å². The van der Waals surface area contributed by atoms with E-state index in [1.807, 2.05) is 0 Å². The first-order valence-electron chi connectivity index (χ1n) is 21.1. The SMILES string of the molecule is c1ccc(-c2cccc(N(c3cccc(-c4cccc5ccccc45)c3)c3ccc(-c4cc5ccccc5c5c4ccc4ccc6ccccc6c45)c4ccccc34)c2)cc1. The molecule has 0 aliphatic rings. The van der Waals surface area contributed by atoms with Crippen LogP contribution in [0.1, 0.15) is 0 Å². The van der Waals surface area contributed by atoms with Crippen molar-refractivity contribution in [1.82, 2.24) is 0 Å². The average Bonchev–Trinajstić information content (AvgIpc) is 3.34. The van der Waals surface area contributed by atoms with Crippen molar-refractivity contribution in [1.29, 1.82) is 0 Å². The zero-order chi connectivity index (χ0) is 40.3. The van der Waals surface area contributed by atoms with Gasteiger partial charge in [0.05, 0.1) is 5.69 Å². The van der Waals surface area contributed by atoms with Crippen LogP contribution in [0.25, 0.3) is 98.0 Å². The molecule has 0 saturated heterocycles. The topological polar surface area (TPSA) is 3.24 Å². The third-order valence-corrected chi connectivity index (χ3v) is 12.6. The van der Waals surface area contributed by atoms with E-state index in [0.29, 0.717) is 0 Å². The lowest BCUT2D eigenvalue weighted by molar-refractivity contribution is 1.30. The smallest absolute Gasteiger partial charge is 0.0540 e. The highest BCUT2D eigenvalue weighted by Gasteiger charge is 2.21. The van der Waals surface area contributed by atoms with Crippen molar-refractivity contribution in [3.05, 3.63) is 237 Å². The Morgan fingerprint density at radius 1 is 0.230 bits per heavy atom. The third kappa shape index (κ3) is 5.86. The fraction of sp³-hybridized carbons (Fsp3) is 0. The predicted molar refractivity (Wildman–Crippen MR) is 262 cm³/mol. The maximum atomic E-state index is 2.45. The molecule has 0 radical (unpaired) electrons. The molecule has 12 aromatic carbocycles. The van der Waals surface area contributed by atoms with Gasteiger partial charge in [0.1, 0.15) is 0 Å². The van der Waals surface area contributed by atoms with Crippen LogP contribution < -0.4 is 4.90 Å². The Kier molecular flexibility index (Phi) is 8.25. The number of hydrogen-bond donors (Lipinski definition) is 0. The Balaban J connectivity index is 1.11. The van der Waals surface area contributed by atoms with Crippen LogP contribution in [0.5, 0.6) is 0 Å². The summed E-state index contributed by atoms with van der Waals surface area (Å²) in [6.45, 7) is 0. The molecule has 0 unspecified atom stereocenters. The van der Waals surface area contributed by atoms with Crippen molar-refractivity contribution in [2.24, 2.45) is 0 Å². The number of fused-ring (bicyclic) bond motifs is 9. The molecule has 284 valence electrons. The van der Waals surface area contributed by atoms with Gasteiger partial charge in [0.15, 0.2) is 0 Å². The Morgan fingerprint density at radius 3 is 1.56 bits per heavy atom. The summed E-state index contributed by atoms with van der Waals surface area (Å²) in [5, 5.41) is 15.1. The lowest BCUT2D eigenvalue weighted by Gasteiger charge is -2.28. The number of nitrogens with zero attached hydrogens (tertiary/aromatic N) is 1. The summed E-state index contributed by atoms with van der Waals surface area (Å²) in [5.74, 6) is 0. The molecule has 0 amide bonds.